The molecule has 0 atom stereocenters. The van der Waals surface area contributed by atoms with Crippen LogP contribution >= 0.6 is 11.3 Å². The lowest BCUT2D eigenvalue weighted by Gasteiger charge is -2.33. The molecule has 2 saturated heterocycles. The van der Waals surface area contributed by atoms with Crippen molar-refractivity contribution < 1.29 is 0 Å². The Labute approximate surface area is 126 Å². The fourth-order valence-electron chi connectivity index (χ4n) is 3.43. The number of aromatic nitrogens is 1. The van der Waals surface area contributed by atoms with Gasteiger partial charge in [0.15, 0.2) is 5.13 Å². The number of nitrogens with zero attached hydrogens (tertiary/aromatic N) is 3. The molecule has 3 rings (SSSR count). The van der Waals surface area contributed by atoms with E-state index in [1.54, 1.807) is 11.3 Å². The maximum atomic E-state index is 5.67. The molecule has 0 unspecified atom stereocenters. The van der Waals surface area contributed by atoms with E-state index in [-0.39, 0.29) is 0 Å². The SMILES string of the molecule is Nc1nc(CCN2CCC(CN3CCCC3)CC2)cs1. The van der Waals surface area contributed by atoms with E-state index in [2.05, 4.69) is 20.2 Å². The van der Waals surface area contributed by atoms with Gasteiger partial charge in [0.1, 0.15) is 0 Å². The maximum Gasteiger partial charge on any atom is 0.180 e. The summed E-state index contributed by atoms with van der Waals surface area (Å²) in [4.78, 5) is 9.60. The quantitative estimate of drug-likeness (QED) is 0.903. The number of nitrogens with two attached hydrogens (primary N) is 1. The number of nitrogen functional groups attached to an aromatic ring is 1. The molecule has 20 heavy (non-hydrogen) atoms. The summed E-state index contributed by atoms with van der Waals surface area (Å²) in [7, 11) is 0. The first kappa shape index (κ1) is 14.3. The summed E-state index contributed by atoms with van der Waals surface area (Å²) in [5.41, 5.74) is 6.83. The van der Waals surface area contributed by atoms with Gasteiger partial charge < -0.3 is 15.5 Å². The molecule has 0 amide bonds. The number of hydrogen-bond donors (Lipinski definition) is 1. The van der Waals surface area contributed by atoms with E-state index in [0.717, 1.165) is 24.6 Å². The fourth-order valence-corrected chi connectivity index (χ4v) is 4.03. The molecule has 1 aromatic heterocycles. The third kappa shape index (κ3) is 3.93. The second-order valence-corrected chi connectivity index (χ2v) is 7.11. The highest BCUT2D eigenvalue weighted by Crippen LogP contribution is 2.21. The van der Waals surface area contributed by atoms with Crippen molar-refractivity contribution in [2.24, 2.45) is 5.92 Å². The smallest absolute Gasteiger partial charge is 0.180 e. The second kappa shape index (κ2) is 6.87. The third-order valence-corrected chi connectivity index (χ3v) is 5.40. The van der Waals surface area contributed by atoms with Crippen LogP contribution in [0.15, 0.2) is 5.38 Å². The summed E-state index contributed by atoms with van der Waals surface area (Å²) in [6.07, 6.45) is 6.61. The van der Waals surface area contributed by atoms with Crippen LogP contribution in [-0.2, 0) is 6.42 Å². The average Bonchev–Trinajstić information content (AvgIpc) is 3.10. The van der Waals surface area contributed by atoms with Gasteiger partial charge in [-0.3, -0.25) is 0 Å². The van der Waals surface area contributed by atoms with Crippen LogP contribution < -0.4 is 5.73 Å². The first-order valence-electron chi connectivity index (χ1n) is 7.94. The number of thiazole rings is 1. The van der Waals surface area contributed by atoms with Gasteiger partial charge in [-0.15, -0.1) is 11.3 Å². The third-order valence-electron chi connectivity index (χ3n) is 4.68. The number of likely N-dealkylation sites (tertiary alicyclic amines) is 2. The lowest BCUT2D eigenvalue weighted by atomic mass is 9.96. The zero-order chi connectivity index (χ0) is 13.8. The summed E-state index contributed by atoms with van der Waals surface area (Å²) in [6, 6.07) is 0. The summed E-state index contributed by atoms with van der Waals surface area (Å²) in [5.74, 6) is 0.930. The van der Waals surface area contributed by atoms with E-state index >= 15 is 0 Å². The second-order valence-electron chi connectivity index (χ2n) is 6.22. The van der Waals surface area contributed by atoms with E-state index in [9.17, 15) is 0 Å². The molecule has 112 valence electrons. The highest BCUT2D eigenvalue weighted by Gasteiger charge is 2.22. The van der Waals surface area contributed by atoms with Gasteiger partial charge in [0.25, 0.3) is 0 Å². The molecule has 2 fully saturated rings. The molecule has 5 heteroatoms. The summed E-state index contributed by atoms with van der Waals surface area (Å²) >= 11 is 1.55. The minimum absolute atomic E-state index is 0.698. The van der Waals surface area contributed by atoms with Crippen LogP contribution in [0.2, 0.25) is 0 Å². The molecule has 0 aliphatic carbocycles. The van der Waals surface area contributed by atoms with E-state index in [1.165, 1.54) is 58.4 Å². The topological polar surface area (TPSA) is 45.4 Å². The molecular formula is C15H26N4S. The Morgan fingerprint density at radius 1 is 1.15 bits per heavy atom. The first-order chi connectivity index (χ1) is 9.79. The van der Waals surface area contributed by atoms with Gasteiger partial charge >= 0.3 is 0 Å². The van der Waals surface area contributed by atoms with Crippen molar-refractivity contribution in [3.05, 3.63) is 11.1 Å². The van der Waals surface area contributed by atoms with Crippen molar-refractivity contribution >= 4 is 16.5 Å². The number of piperidine rings is 1. The molecule has 1 aromatic rings. The first-order valence-corrected chi connectivity index (χ1v) is 8.82. The summed E-state index contributed by atoms with van der Waals surface area (Å²) in [6.45, 7) is 7.68. The zero-order valence-electron chi connectivity index (χ0n) is 12.3. The standard InChI is InChI=1S/C15H26N4S/c16-15-17-14(12-20-15)5-10-18-8-3-13(4-9-18)11-19-6-1-2-7-19/h12-13H,1-11H2,(H2,16,17). The van der Waals surface area contributed by atoms with Gasteiger partial charge in [-0.05, 0) is 57.8 Å². The van der Waals surface area contributed by atoms with Crippen LogP contribution in [0.25, 0.3) is 0 Å². The summed E-state index contributed by atoms with van der Waals surface area (Å²) in [5, 5.41) is 2.79. The predicted molar refractivity (Wildman–Crippen MR) is 85.1 cm³/mol. The average molecular weight is 294 g/mol. The van der Waals surface area contributed by atoms with Crippen molar-refractivity contribution in [2.45, 2.75) is 32.1 Å². The Morgan fingerprint density at radius 3 is 2.55 bits per heavy atom. The van der Waals surface area contributed by atoms with E-state index in [4.69, 9.17) is 5.73 Å². The normalized spacial score (nSPS) is 22.6. The Bertz CT molecular complexity index is 406. The molecule has 2 aliphatic rings. The van der Waals surface area contributed by atoms with Crippen LogP contribution in [-0.4, -0.2) is 54.1 Å². The van der Waals surface area contributed by atoms with Crippen molar-refractivity contribution in [3.8, 4) is 0 Å². The van der Waals surface area contributed by atoms with Crippen LogP contribution in [0.3, 0.4) is 0 Å². The van der Waals surface area contributed by atoms with Crippen LogP contribution in [0.5, 0.6) is 0 Å². The summed E-state index contributed by atoms with van der Waals surface area (Å²) < 4.78 is 0. The Kier molecular flexibility index (Phi) is 4.91. The van der Waals surface area contributed by atoms with Crippen LogP contribution in [0.1, 0.15) is 31.4 Å². The van der Waals surface area contributed by atoms with E-state index < -0.39 is 0 Å². The Hall–Kier alpha value is -0.650. The van der Waals surface area contributed by atoms with E-state index in [0.29, 0.717) is 5.13 Å². The van der Waals surface area contributed by atoms with Crippen molar-refractivity contribution in [1.29, 1.82) is 0 Å². The van der Waals surface area contributed by atoms with Gasteiger partial charge in [0.2, 0.25) is 0 Å². The van der Waals surface area contributed by atoms with Crippen LogP contribution in [0.4, 0.5) is 5.13 Å². The largest absolute Gasteiger partial charge is 0.375 e. The molecule has 0 bridgehead atoms. The molecule has 2 N–H and O–H groups in total. The zero-order valence-corrected chi connectivity index (χ0v) is 13.1. The van der Waals surface area contributed by atoms with Gasteiger partial charge in [0.05, 0.1) is 5.69 Å². The van der Waals surface area contributed by atoms with Crippen molar-refractivity contribution in [1.82, 2.24) is 14.8 Å². The minimum atomic E-state index is 0.698. The van der Waals surface area contributed by atoms with E-state index in [1.807, 2.05) is 0 Å². The maximum absolute atomic E-state index is 5.67. The number of hydrogen-bond acceptors (Lipinski definition) is 5. The number of anilines is 1. The lowest BCUT2D eigenvalue weighted by molar-refractivity contribution is 0.155. The highest BCUT2D eigenvalue weighted by molar-refractivity contribution is 7.13. The van der Waals surface area contributed by atoms with Gasteiger partial charge in [-0.25, -0.2) is 4.98 Å². The molecule has 0 aromatic carbocycles. The molecule has 4 nitrogen and oxygen atoms in total. The predicted octanol–water partition coefficient (Wildman–Crippen LogP) is 2.08. The molecule has 0 saturated carbocycles. The van der Waals surface area contributed by atoms with Gasteiger partial charge in [-0.2, -0.15) is 0 Å². The molecular weight excluding hydrogens is 268 g/mol. The number of rotatable bonds is 5. The highest BCUT2D eigenvalue weighted by atomic mass is 32.1. The van der Waals surface area contributed by atoms with Crippen LogP contribution in [0, 0.1) is 5.92 Å². The van der Waals surface area contributed by atoms with Crippen molar-refractivity contribution in [3.63, 3.8) is 0 Å². The molecule has 3 heterocycles. The Balaban J connectivity index is 1.35. The fraction of sp³-hybridized carbons (Fsp3) is 0.800. The molecule has 0 radical (unpaired) electrons. The van der Waals surface area contributed by atoms with Gasteiger partial charge in [-0.1, -0.05) is 0 Å². The van der Waals surface area contributed by atoms with Gasteiger partial charge in [0, 0.05) is 24.9 Å². The Morgan fingerprint density at radius 2 is 1.90 bits per heavy atom. The molecule has 0 spiro atoms. The molecule has 2 aliphatic heterocycles. The minimum Gasteiger partial charge on any atom is -0.375 e. The van der Waals surface area contributed by atoms with Crippen molar-refractivity contribution in [2.75, 3.05) is 45.0 Å². The lowest BCUT2D eigenvalue weighted by Crippen LogP contribution is -2.38. The monoisotopic (exact) mass is 294 g/mol.